The first-order valence-corrected chi connectivity index (χ1v) is 8.76. The Balaban J connectivity index is 1.40. The number of ether oxygens (including phenoxy) is 1. The molecule has 0 spiro atoms. The maximum Gasteiger partial charge on any atom is 0.157 e. The van der Waals surface area contributed by atoms with Crippen LogP contribution < -0.4 is 9.64 Å². The number of β-amino-alcohol motifs (C(OH)–C–C–N with tert-alkyl or cyclic N) is 1. The second kappa shape index (κ2) is 7.17. The number of aromatic nitrogens is 3. The molecule has 0 amide bonds. The van der Waals surface area contributed by atoms with E-state index in [1.165, 1.54) is 5.56 Å². The molecule has 1 aromatic carbocycles. The van der Waals surface area contributed by atoms with Crippen molar-refractivity contribution in [1.29, 1.82) is 0 Å². The van der Waals surface area contributed by atoms with Crippen molar-refractivity contribution in [3.63, 3.8) is 0 Å². The molecule has 134 valence electrons. The molecule has 6 nitrogen and oxygen atoms in total. The summed E-state index contributed by atoms with van der Waals surface area (Å²) in [4.78, 5) is 6.35. The van der Waals surface area contributed by atoms with Crippen molar-refractivity contribution in [3.8, 4) is 5.75 Å². The second-order valence-electron chi connectivity index (χ2n) is 6.64. The SMILES string of the molecule is Cc1cc(N2C[C@@H](O)[C@H](Oc3cnn(Cc4ccccc4)c3)C2)ccn1. The van der Waals surface area contributed by atoms with E-state index < -0.39 is 6.10 Å². The second-order valence-corrected chi connectivity index (χ2v) is 6.64. The number of nitrogens with zero attached hydrogens (tertiary/aromatic N) is 4. The molecule has 3 aromatic rings. The Morgan fingerprint density at radius 3 is 2.85 bits per heavy atom. The number of aliphatic hydroxyl groups excluding tert-OH is 1. The van der Waals surface area contributed by atoms with Gasteiger partial charge in [0, 0.05) is 24.1 Å². The van der Waals surface area contributed by atoms with Crippen LogP contribution >= 0.6 is 0 Å². The van der Waals surface area contributed by atoms with Crippen LogP contribution in [0.3, 0.4) is 0 Å². The normalized spacial score (nSPS) is 19.7. The van der Waals surface area contributed by atoms with Crippen LogP contribution in [-0.2, 0) is 6.54 Å². The van der Waals surface area contributed by atoms with E-state index in [2.05, 4.69) is 27.1 Å². The lowest BCUT2D eigenvalue weighted by atomic mass is 10.2. The van der Waals surface area contributed by atoms with E-state index >= 15 is 0 Å². The van der Waals surface area contributed by atoms with Gasteiger partial charge in [-0.1, -0.05) is 30.3 Å². The van der Waals surface area contributed by atoms with Gasteiger partial charge < -0.3 is 14.7 Å². The summed E-state index contributed by atoms with van der Waals surface area (Å²) < 4.78 is 7.84. The van der Waals surface area contributed by atoms with Gasteiger partial charge in [0.2, 0.25) is 0 Å². The minimum atomic E-state index is -0.541. The predicted octanol–water partition coefficient (Wildman–Crippen LogP) is 2.26. The van der Waals surface area contributed by atoms with Crippen LogP contribution in [0.2, 0.25) is 0 Å². The fourth-order valence-electron chi connectivity index (χ4n) is 3.25. The highest BCUT2D eigenvalue weighted by atomic mass is 16.5. The van der Waals surface area contributed by atoms with Crippen molar-refractivity contribution in [1.82, 2.24) is 14.8 Å². The van der Waals surface area contributed by atoms with E-state index in [0.29, 0.717) is 25.4 Å². The van der Waals surface area contributed by atoms with E-state index in [-0.39, 0.29) is 6.10 Å². The molecule has 3 heterocycles. The van der Waals surface area contributed by atoms with Crippen LogP contribution in [0.1, 0.15) is 11.3 Å². The number of aliphatic hydroxyl groups is 1. The lowest BCUT2D eigenvalue weighted by Crippen LogP contribution is -2.29. The number of hydrogen-bond acceptors (Lipinski definition) is 5. The van der Waals surface area contributed by atoms with Gasteiger partial charge in [-0.15, -0.1) is 0 Å². The molecule has 0 unspecified atom stereocenters. The molecule has 4 rings (SSSR count). The molecule has 1 aliphatic heterocycles. The Morgan fingerprint density at radius 2 is 2.04 bits per heavy atom. The maximum atomic E-state index is 10.4. The van der Waals surface area contributed by atoms with Gasteiger partial charge in [-0.3, -0.25) is 9.67 Å². The quantitative estimate of drug-likeness (QED) is 0.765. The Kier molecular flexibility index (Phi) is 4.58. The number of rotatable bonds is 5. The molecular formula is C20H22N4O2. The van der Waals surface area contributed by atoms with Crippen LogP contribution in [-0.4, -0.2) is 45.2 Å². The zero-order valence-corrected chi connectivity index (χ0v) is 14.7. The predicted molar refractivity (Wildman–Crippen MR) is 99.4 cm³/mol. The first-order chi connectivity index (χ1) is 12.7. The van der Waals surface area contributed by atoms with Crippen LogP contribution in [0, 0.1) is 6.92 Å². The third-order valence-electron chi connectivity index (χ3n) is 4.57. The van der Waals surface area contributed by atoms with Gasteiger partial charge in [-0.05, 0) is 24.6 Å². The van der Waals surface area contributed by atoms with Crippen molar-refractivity contribution < 1.29 is 9.84 Å². The first kappa shape index (κ1) is 16.6. The highest BCUT2D eigenvalue weighted by molar-refractivity contribution is 5.48. The third kappa shape index (κ3) is 3.70. The van der Waals surface area contributed by atoms with Gasteiger partial charge in [0.1, 0.15) is 12.2 Å². The molecule has 0 bridgehead atoms. The topological polar surface area (TPSA) is 63.4 Å². The number of pyridine rings is 1. The van der Waals surface area contributed by atoms with Gasteiger partial charge in [-0.25, -0.2) is 0 Å². The summed E-state index contributed by atoms with van der Waals surface area (Å²) >= 11 is 0. The zero-order chi connectivity index (χ0) is 17.9. The number of benzene rings is 1. The number of aryl methyl sites for hydroxylation is 1. The summed E-state index contributed by atoms with van der Waals surface area (Å²) in [6, 6.07) is 14.1. The minimum absolute atomic E-state index is 0.280. The van der Waals surface area contributed by atoms with E-state index in [1.807, 2.05) is 48.1 Å². The van der Waals surface area contributed by atoms with E-state index in [0.717, 1.165) is 11.4 Å². The van der Waals surface area contributed by atoms with Crippen LogP contribution in [0.4, 0.5) is 5.69 Å². The molecule has 2 aromatic heterocycles. The van der Waals surface area contributed by atoms with Crippen molar-refractivity contribution >= 4 is 5.69 Å². The van der Waals surface area contributed by atoms with E-state index in [1.54, 1.807) is 12.4 Å². The molecule has 1 fully saturated rings. The van der Waals surface area contributed by atoms with E-state index in [4.69, 9.17) is 4.74 Å². The molecule has 1 N–H and O–H groups in total. The molecular weight excluding hydrogens is 328 g/mol. The monoisotopic (exact) mass is 350 g/mol. The molecule has 26 heavy (non-hydrogen) atoms. The summed E-state index contributed by atoms with van der Waals surface area (Å²) in [5, 5.41) is 14.7. The highest BCUT2D eigenvalue weighted by Gasteiger charge is 2.33. The molecule has 0 saturated carbocycles. The van der Waals surface area contributed by atoms with Crippen LogP contribution in [0.25, 0.3) is 0 Å². The third-order valence-corrected chi connectivity index (χ3v) is 4.57. The fourth-order valence-corrected chi connectivity index (χ4v) is 3.25. The Labute approximate surface area is 152 Å². The number of anilines is 1. The summed E-state index contributed by atoms with van der Waals surface area (Å²) in [7, 11) is 0. The van der Waals surface area contributed by atoms with Crippen LogP contribution in [0.15, 0.2) is 61.1 Å². The van der Waals surface area contributed by atoms with Gasteiger partial charge >= 0.3 is 0 Å². The Morgan fingerprint density at radius 1 is 1.19 bits per heavy atom. The smallest absolute Gasteiger partial charge is 0.157 e. The molecule has 0 radical (unpaired) electrons. The summed E-state index contributed by atoms with van der Waals surface area (Å²) in [5.74, 6) is 0.678. The highest BCUT2D eigenvalue weighted by Crippen LogP contribution is 2.24. The van der Waals surface area contributed by atoms with Crippen molar-refractivity contribution in [2.45, 2.75) is 25.7 Å². The maximum absolute atomic E-state index is 10.4. The van der Waals surface area contributed by atoms with Crippen molar-refractivity contribution in [2.24, 2.45) is 0 Å². The summed E-state index contributed by atoms with van der Waals surface area (Å²) in [6.07, 6.45) is 4.55. The molecule has 0 aliphatic carbocycles. The molecule has 6 heteroatoms. The largest absolute Gasteiger partial charge is 0.482 e. The average molecular weight is 350 g/mol. The lowest BCUT2D eigenvalue weighted by molar-refractivity contribution is 0.0737. The minimum Gasteiger partial charge on any atom is -0.482 e. The standard InChI is InChI=1S/C20H22N4O2/c1-15-9-17(7-8-21-15)23-13-19(25)20(14-23)26-18-10-22-24(12-18)11-16-5-3-2-4-6-16/h2-10,12,19-20,25H,11,13-14H2,1H3/t19-,20-/m1/s1. The van der Waals surface area contributed by atoms with Crippen molar-refractivity contribution in [3.05, 3.63) is 72.3 Å². The fraction of sp³-hybridized carbons (Fsp3) is 0.300. The first-order valence-electron chi connectivity index (χ1n) is 8.76. The zero-order valence-electron chi connectivity index (χ0n) is 14.7. The van der Waals surface area contributed by atoms with Gasteiger partial charge in [0.15, 0.2) is 5.75 Å². The molecule has 2 atom stereocenters. The summed E-state index contributed by atoms with van der Waals surface area (Å²) in [5.41, 5.74) is 3.20. The molecule has 1 saturated heterocycles. The number of hydrogen-bond donors (Lipinski definition) is 1. The average Bonchev–Trinajstić information content (AvgIpc) is 3.23. The van der Waals surface area contributed by atoms with Gasteiger partial charge in [0.05, 0.1) is 25.5 Å². The van der Waals surface area contributed by atoms with E-state index in [9.17, 15) is 5.11 Å². The van der Waals surface area contributed by atoms with Crippen LogP contribution in [0.5, 0.6) is 5.75 Å². The Hall–Kier alpha value is -2.86. The summed E-state index contributed by atoms with van der Waals surface area (Å²) in [6.45, 7) is 3.84. The lowest BCUT2D eigenvalue weighted by Gasteiger charge is -2.18. The van der Waals surface area contributed by atoms with Gasteiger partial charge in [-0.2, -0.15) is 5.10 Å². The van der Waals surface area contributed by atoms with Crippen molar-refractivity contribution in [2.75, 3.05) is 18.0 Å². The Bertz CT molecular complexity index is 865. The molecule has 1 aliphatic rings. The van der Waals surface area contributed by atoms with Gasteiger partial charge in [0.25, 0.3) is 0 Å².